The number of nitrogens with one attached hydrogen (secondary N) is 1. The number of nitrogens with zero attached hydrogens (tertiary/aromatic N) is 5. The molecular formula is C20H28N6O5S3. The molecule has 11 nitrogen and oxygen atoms in total. The second-order valence-electron chi connectivity index (χ2n) is 7.57. The number of thioether (sulfide) groups is 1. The SMILES string of the molecule is COCCNC(=O)CSc1nnc(N2CCN(C(=O)c3ccc(S(=O)(=O)N(C)C)cc3)CC2)s1. The Labute approximate surface area is 207 Å². The fraction of sp³-hybridized carbons (Fsp3) is 0.500. The predicted molar refractivity (Wildman–Crippen MR) is 131 cm³/mol. The Morgan fingerprint density at radius 3 is 2.44 bits per heavy atom. The van der Waals surface area contributed by atoms with Crippen LogP contribution in [0, 0.1) is 0 Å². The lowest BCUT2D eigenvalue weighted by Crippen LogP contribution is -2.48. The van der Waals surface area contributed by atoms with Gasteiger partial charge in [-0.15, -0.1) is 10.2 Å². The minimum atomic E-state index is -3.53. The maximum absolute atomic E-state index is 12.9. The van der Waals surface area contributed by atoms with Crippen LogP contribution in [0.4, 0.5) is 5.13 Å². The van der Waals surface area contributed by atoms with Gasteiger partial charge in [-0.3, -0.25) is 9.59 Å². The zero-order valence-corrected chi connectivity index (χ0v) is 21.7. The van der Waals surface area contributed by atoms with Crippen LogP contribution in [0.5, 0.6) is 0 Å². The van der Waals surface area contributed by atoms with Gasteiger partial charge in [0.2, 0.25) is 21.1 Å². The fourth-order valence-corrected chi connectivity index (χ4v) is 5.75. The van der Waals surface area contributed by atoms with Crippen LogP contribution in [-0.2, 0) is 19.6 Å². The van der Waals surface area contributed by atoms with Crippen molar-refractivity contribution in [3.8, 4) is 0 Å². The number of benzene rings is 1. The summed E-state index contributed by atoms with van der Waals surface area (Å²) in [6.07, 6.45) is 0. The Morgan fingerprint density at radius 2 is 1.82 bits per heavy atom. The number of hydrogen-bond acceptors (Lipinski definition) is 10. The highest BCUT2D eigenvalue weighted by atomic mass is 32.2. The lowest BCUT2D eigenvalue weighted by molar-refractivity contribution is -0.118. The van der Waals surface area contributed by atoms with Crippen molar-refractivity contribution in [3.63, 3.8) is 0 Å². The van der Waals surface area contributed by atoms with Crippen LogP contribution in [0.2, 0.25) is 0 Å². The lowest BCUT2D eigenvalue weighted by Gasteiger charge is -2.34. The molecule has 3 rings (SSSR count). The number of aromatic nitrogens is 2. The first-order chi connectivity index (χ1) is 16.2. The predicted octanol–water partition coefficient (Wildman–Crippen LogP) is 0.606. The van der Waals surface area contributed by atoms with Crippen LogP contribution >= 0.6 is 23.1 Å². The molecule has 1 aromatic heterocycles. The molecule has 0 spiro atoms. The highest BCUT2D eigenvalue weighted by Crippen LogP contribution is 2.28. The Balaban J connectivity index is 1.50. The topological polar surface area (TPSA) is 125 Å². The molecule has 2 heterocycles. The van der Waals surface area contributed by atoms with Gasteiger partial charge in [-0.05, 0) is 24.3 Å². The van der Waals surface area contributed by atoms with Crippen molar-refractivity contribution in [3.05, 3.63) is 29.8 Å². The van der Waals surface area contributed by atoms with Crippen LogP contribution in [0.25, 0.3) is 0 Å². The second kappa shape index (κ2) is 11.9. The molecule has 0 radical (unpaired) electrons. The average Bonchev–Trinajstić information content (AvgIpc) is 3.32. The van der Waals surface area contributed by atoms with E-state index in [1.807, 2.05) is 0 Å². The van der Waals surface area contributed by atoms with Gasteiger partial charge in [-0.25, -0.2) is 12.7 Å². The number of anilines is 1. The Kier molecular flexibility index (Phi) is 9.24. The maximum atomic E-state index is 12.9. The monoisotopic (exact) mass is 528 g/mol. The number of piperazine rings is 1. The number of rotatable bonds is 10. The first-order valence-electron chi connectivity index (χ1n) is 10.5. The summed E-state index contributed by atoms with van der Waals surface area (Å²) in [5.41, 5.74) is 0.449. The Hall–Kier alpha value is -2.26. The Morgan fingerprint density at radius 1 is 1.15 bits per heavy atom. The standard InChI is InChI=1S/C20H28N6O5S3/c1-24(2)34(29,30)16-6-4-15(5-7-16)18(28)25-9-11-26(12-10-25)19-22-23-20(33-19)32-14-17(27)21-8-13-31-3/h4-7H,8-14H2,1-3H3,(H,21,27). The van der Waals surface area contributed by atoms with E-state index in [2.05, 4.69) is 20.4 Å². The zero-order chi connectivity index (χ0) is 24.7. The summed E-state index contributed by atoms with van der Waals surface area (Å²) < 4.78 is 31.2. The number of amides is 2. The summed E-state index contributed by atoms with van der Waals surface area (Å²) in [6, 6.07) is 6.00. The molecule has 1 aliphatic rings. The number of ether oxygens (including phenoxy) is 1. The molecule has 14 heteroatoms. The van der Waals surface area contributed by atoms with E-state index in [4.69, 9.17) is 4.74 Å². The number of methoxy groups -OCH3 is 1. The quantitative estimate of drug-likeness (QED) is 0.349. The lowest BCUT2D eigenvalue weighted by atomic mass is 10.2. The molecule has 1 saturated heterocycles. The number of carbonyl (C=O) groups excluding carboxylic acids is 2. The molecule has 0 bridgehead atoms. The number of hydrogen-bond donors (Lipinski definition) is 1. The largest absolute Gasteiger partial charge is 0.383 e. The third-order valence-corrected chi connectivity index (χ3v) is 9.01. The minimum absolute atomic E-state index is 0.0849. The van der Waals surface area contributed by atoms with Crippen LogP contribution in [0.15, 0.2) is 33.5 Å². The third-order valence-electron chi connectivity index (χ3n) is 5.07. The van der Waals surface area contributed by atoms with Gasteiger partial charge < -0.3 is 19.9 Å². The van der Waals surface area contributed by atoms with Crippen molar-refractivity contribution < 1.29 is 22.7 Å². The molecule has 0 atom stereocenters. The van der Waals surface area contributed by atoms with Crippen molar-refractivity contribution in [2.75, 3.05) is 71.2 Å². The Bertz CT molecular complexity index is 1080. The summed E-state index contributed by atoms with van der Waals surface area (Å²) in [4.78, 5) is 28.6. The van der Waals surface area contributed by atoms with Gasteiger partial charge in [-0.2, -0.15) is 0 Å². The molecule has 2 amide bonds. The number of carbonyl (C=O) groups is 2. The molecule has 0 saturated carbocycles. The van der Waals surface area contributed by atoms with E-state index < -0.39 is 10.0 Å². The molecule has 0 aliphatic carbocycles. The van der Waals surface area contributed by atoms with Gasteiger partial charge in [-0.1, -0.05) is 23.1 Å². The van der Waals surface area contributed by atoms with Crippen molar-refractivity contribution in [1.29, 1.82) is 0 Å². The van der Waals surface area contributed by atoms with Crippen molar-refractivity contribution in [2.45, 2.75) is 9.24 Å². The summed E-state index contributed by atoms with van der Waals surface area (Å²) in [6.45, 7) is 3.18. The summed E-state index contributed by atoms with van der Waals surface area (Å²) in [7, 11) is 0.981. The van der Waals surface area contributed by atoms with Gasteiger partial charge >= 0.3 is 0 Å². The zero-order valence-electron chi connectivity index (χ0n) is 19.3. The third kappa shape index (κ3) is 6.66. The fourth-order valence-electron chi connectivity index (χ4n) is 3.12. The molecule has 1 N–H and O–H groups in total. The van der Waals surface area contributed by atoms with Gasteiger partial charge in [0.15, 0.2) is 4.34 Å². The van der Waals surface area contributed by atoms with Gasteiger partial charge in [0.25, 0.3) is 5.91 Å². The number of sulfonamides is 1. The molecule has 2 aromatic rings. The highest BCUT2D eigenvalue weighted by molar-refractivity contribution is 8.01. The van der Waals surface area contributed by atoms with Crippen molar-refractivity contribution in [1.82, 2.24) is 24.7 Å². The summed E-state index contributed by atoms with van der Waals surface area (Å²) in [5, 5.41) is 11.9. The van der Waals surface area contributed by atoms with E-state index in [1.54, 1.807) is 24.1 Å². The normalized spacial score (nSPS) is 14.5. The second-order valence-corrected chi connectivity index (χ2v) is 11.9. The van der Waals surface area contributed by atoms with Crippen LogP contribution < -0.4 is 10.2 Å². The summed E-state index contributed by atoms with van der Waals surface area (Å²) in [5.74, 6) is 0.0367. The molecular weight excluding hydrogens is 500 g/mol. The van der Waals surface area contributed by atoms with E-state index >= 15 is 0 Å². The van der Waals surface area contributed by atoms with Gasteiger partial charge in [0.1, 0.15) is 0 Å². The average molecular weight is 529 g/mol. The molecule has 1 aromatic carbocycles. The van der Waals surface area contributed by atoms with Crippen LogP contribution in [-0.4, -0.2) is 106 Å². The molecule has 1 fully saturated rings. The van der Waals surface area contributed by atoms with E-state index in [0.29, 0.717) is 49.2 Å². The summed E-state index contributed by atoms with van der Waals surface area (Å²) >= 11 is 2.75. The minimum Gasteiger partial charge on any atom is -0.383 e. The van der Waals surface area contributed by atoms with E-state index in [9.17, 15) is 18.0 Å². The van der Waals surface area contributed by atoms with E-state index in [-0.39, 0.29) is 22.5 Å². The first kappa shape index (κ1) is 26.3. The van der Waals surface area contributed by atoms with E-state index in [1.165, 1.54) is 49.3 Å². The van der Waals surface area contributed by atoms with Crippen LogP contribution in [0.1, 0.15) is 10.4 Å². The van der Waals surface area contributed by atoms with Crippen molar-refractivity contribution >= 4 is 50.1 Å². The molecule has 186 valence electrons. The first-order valence-corrected chi connectivity index (χ1v) is 13.8. The van der Waals surface area contributed by atoms with E-state index in [0.717, 1.165) is 9.44 Å². The van der Waals surface area contributed by atoms with Crippen molar-refractivity contribution in [2.24, 2.45) is 0 Å². The molecule has 34 heavy (non-hydrogen) atoms. The van der Waals surface area contributed by atoms with Crippen LogP contribution in [0.3, 0.4) is 0 Å². The van der Waals surface area contributed by atoms with Gasteiger partial charge in [0, 0.05) is 59.5 Å². The highest BCUT2D eigenvalue weighted by Gasteiger charge is 2.25. The molecule has 1 aliphatic heterocycles. The maximum Gasteiger partial charge on any atom is 0.253 e. The smallest absolute Gasteiger partial charge is 0.253 e. The molecule has 0 unspecified atom stereocenters. The van der Waals surface area contributed by atoms with Gasteiger partial charge in [0.05, 0.1) is 17.3 Å².